The van der Waals surface area contributed by atoms with E-state index < -0.39 is 0 Å². The van der Waals surface area contributed by atoms with Crippen molar-refractivity contribution in [3.8, 4) is 39.7 Å². The molecule has 0 unspecified atom stereocenters. The lowest BCUT2D eigenvalue weighted by atomic mass is 9.88. The average Bonchev–Trinajstić information content (AvgIpc) is 4.23. The molecule has 70 heavy (non-hydrogen) atoms. The highest BCUT2D eigenvalue weighted by Gasteiger charge is 2.34. The fourth-order valence-corrected chi connectivity index (χ4v) is 12.9. The Morgan fingerprint density at radius 1 is 0.500 bits per heavy atom. The molecule has 15 rings (SSSR count). The zero-order valence-corrected chi connectivity index (χ0v) is 38.2. The molecule has 0 radical (unpaired) electrons. The molecule has 0 saturated carbocycles. The van der Waals surface area contributed by atoms with Crippen molar-refractivity contribution in [1.29, 1.82) is 5.26 Å². The van der Waals surface area contributed by atoms with Crippen molar-refractivity contribution in [2.75, 3.05) is 0 Å². The molecule has 5 heterocycles. The lowest BCUT2D eigenvalue weighted by Gasteiger charge is -2.26. The van der Waals surface area contributed by atoms with Gasteiger partial charge in [0.2, 0.25) is 5.69 Å². The number of aryl methyl sites for hydroxylation is 1. The highest BCUT2D eigenvalue weighted by molar-refractivity contribution is 7.26. The van der Waals surface area contributed by atoms with E-state index in [-0.39, 0.29) is 0 Å². The van der Waals surface area contributed by atoms with Gasteiger partial charge in [0, 0.05) is 69.7 Å². The second kappa shape index (κ2) is 14.3. The number of benzene rings is 10. The molecule has 15 aromatic rings. The van der Waals surface area contributed by atoms with Gasteiger partial charge in [-0.3, -0.25) is 0 Å². The Balaban J connectivity index is 1.27. The number of hydrogen-bond donors (Lipinski definition) is 0. The van der Waals surface area contributed by atoms with E-state index in [4.69, 9.17) is 8.83 Å². The molecular formula is C63H34N4O2S. The lowest BCUT2D eigenvalue weighted by Crippen LogP contribution is -2.09. The average molecular weight is 911 g/mol. The first-order chi connectivity index (χ1) is 34.6. The Labute approximate surface area is 403 Å². The minimum absolute atomic E-state index is 0.362. The van der Waals surface area contributed by atoms with Gasteiger partial charge in [0.15, 0.2) is 11.2 Å². The van der Waals surface area contributed by atoms with Gasteiger partial charge in [-0.25, -0.2) is 4.85 Å². The fourth-order valence-electron chi connectivity index (χ4n) is 11.7. The minimum Gasteiger partial charge on any atom is -0.454 e. The Morgan fingerprint density at radius 2 is 1.06 bits per heavy atom. The Kier molecular flexibility index (Phi) is 7.91. The third-order valence-corrected chi connectivity index (χ3v) is 15.7. The van der Waals surface area contributed by atoms with Crippen molar-refractivity contribution in [2.24, 2.45) is 0 Å². The number of nitrogens with zero attached hydrogens (tertiary/aromatic N) is 4. The van der Waals surface area contributed by atoms with Crippen LogP contribution in [0, 0.1) is 24.8 Å². The van der Waals surface area contributed by atoms with Crippen molar-refractivity contribution in [3.05, 3.63) is 211 Å². The van der Waals surface area contributed by atoms with Crippen molar-refractivity contribution in [1.82, 2.24) is 9.13 Å². The zero-order chi connectivity index (χ0) is 46.4. The largest absolute Gasteiger partial charge is 0.454 e. The van der Waals surface area contributed by atoms with Crippen molar-refractivity contribution in [2.45, 2.75) is 6.92 Å². The number of hydrogen-bond acceptors (Lipinski definition) is 4. The van der Waals surface area contributed by atoms with Gasteiger partial charge in [0.25, 0.3) is 0 Å². The smallest absolute Gasteiger partial charge is 0.220 e. The normalized spacial score (nSPS) is 12.0. The lowest BCUT2D eigenvalue weighted by molar-refractivity contribution is 0.671. The molecule has 6 nitrogen and oxygen atoms in total. The van der Waals surface area contributed by atoms with E-state index in [1.54, 1.807) is 11.3 Å². The maximum Gasteiger partial charge on any atom is 0.220 e. The third kappa shape index (κ3) is 5.03. The summed E-state index contributed by atoms with van der Waals surface area (Å²) < 4.78 is 20.9. The number of nitriles is 1. The second-order valence-electron chi connectivity index (χ2n) is 18.1. The first-order valence-corrected chi connectivity index (χ1v) is 24.1. The van der Waals surface area contributed by atoms with Crippen molar-refractivity contribution in [3.63, 3.8) is 0 Å². The first kappa shape index (κ1) is 38.7. The van der Waals surface area contributed by atoms with Gasteiger partial charge in [-0.15, -0.1) is 11.3 Å². The molecule has 324 valence electrons. The highest BCUT2D eigenvalue weighted by atomic mass is 32.1. The Bertz CT molecular complexity index is 4730. The molecule has 10 aromatic carbocycles. The van der Waals surface area contributed by atoms with Crippen molar-refractivity contribution < 1.29 is 8.83 Å². The van der Waals surface area contributed by atoms with Gasteiger partial charge >= 0.3 is 0 Å². The molecule has 0 aliphatic heterocycles. The fraction of sp³-hybridized carbons (Fsp3) is 0.0159. The monoisotopic (exact) mass is 910 g/mol. The van der Waals surface area contributed by atoms with Gasteiger partial charge in [-0.05, 0) is 60.0 Å². The van der Waals surface area contributed by atoms with Crippen LogP contribution in [0.3, 0.4) is 0 Å². The molecule has 0 spiro atoms. The van der Waals surface area contributed by atoms with Gasteiger partial charge < -0.3 is 18.0 Å². The van der Waals surface area contributed by atoms with Crippen LogP contribution < -0.4 is 0 Å². The SMILES string of the molecule is [C-]#[N+]c1c(-c2ccccc2)c(C#N)c(-n2c3ccccc3c3c(C)cc4c5ccccc5oc4c32)c(-c2ccccc2)c1-n1c2c(ccc3c4ccccc4oc32)c2ccc3c4ccccc4sc3c21. The number of furan rings is 2. The summed E-state index contributed by atoms with van der Waals surface area (Å²) >= 11 is 1.76. The molecular weight excluding hydrogens is 877 g/mol. The van der Waals surface area contributed by atoms with Gasteiger partial charge in [-0.1, -0.05) is 152 Å². The van der Waals surface area contributed by atoms with Gasteiger partial charge in [0.1, 0.15) is 17.2 Å². The molecule has 5 aromatic heterocycles. The van der Waals surface area contributed by atoms with Crippen LogP contribution in [0.2, 0.25) is 0 Å². The van der Waals surface area contributed by atoms with Crippen molar-refractivity contribution >= 4 is 125 Å². The summed E-state index contributed by atoms with van der Waals surface area (Å²) in [6.07, 6.45) is 0. The molecule has 0 aliphatic rings. The number of thiophene rings is 1. The van der Waals surface area contributed by atoms with Crippen LogP contribution in [-0.4, -0.2) is 9.13 Å². The molecule has 0 aliphatic carbocycles. The molecule has 0 bridgehead atoms. The van der Waals surface area contributed by atoms with Crippen LogP contribution in [-0.2, 0) is 0 Å². The number of aromatic nitrogens is 2. The quantitative estimate of drug-likeness (QED) is 0.165. The van der Waals surface area contributed by atoms with Crippen LogP contribution in [0.1, 0.15) is 11.1 Å². The maximum atomic E-state index is 12.1. The standard InChI is InChI=1S/C63H34N4O2S/c1-35-33-46-39-22-11-15-27-50(39)69-62(46)60-52(35)45-24-9-13-25-48(45)66(60)56-47(34-64)53(36-17-5-3-6-18-36)55(65-2)59(54(56)37-19-7-4-8-20-37)67-57-41(29-31-43-38-21-10-14-26-49(38)68-61(43)57)42-30-32-44-40-23-12-16-28-51(40)70-63(44)58(42)67/h3-33H,1H3. The molecule has 0 fully saturated rings. The van der Waals surface area contributed by atoms with E-state index in [2.05, 4.69) is 130 Å². The van der Waals surface area contributed by atoms with E-state index in [0.717, 1.165) is 120 Å². The summed E-state index contributed by atoms with van der Waals surface area (Å²) in [6, 6.07) is 67.6. The zero-order valence-electron chi connectivity index (χ0n) is 37.4. The number of fused-ring (bicyclic) bond motifs is 18. The minimum atomic E-state index is 0.362. The molecule has 7 heteroatoms. The Morgan fingerprint density at radius 3 is 1.76 bits per heavy atom. The van der Waals surface area contributed by atoms with Crippen LogP contribution in [0.5, 0.6) is 0 Å². The van der Waals surface area contributed by atoms with Crippen LogP contribution in [0.25, 0.3) is 146 Å². The third-order valence-electron chi connectivity index (χ3n) is 14.5. The molecule has 0 amide bonds. The summed E-state index contributed by atoms with van der Waals surface area (Å²) in [4.78, 5) is 4.62. The van der Waals surface area contributed by atoms with E-state index in [0.29, 0.717) is 28.2 Å². The maximum absolute atomic E-state index is 12.1. The second-order valence-corrected chi connectivity index (χ2v) is 19.1. The van der Waals surface area contributed by atoms with Crippen LogP contribution >= 0.6 is 11.3 Å². The van der Waals surface area contributed by atoms with E-state index >= 15 is 0 Å². The predicted octanol–water partition coefficient (Wildman–Crippen LogP) is 18.1. The van der Waals surface area contributed by atoms with E-state index in [1.807, 2.05) is 84.9 Å². The number of para-hydroxylation sites is 3. The molecule has 0 N–H and O–H groups in total. The van der Waals surface area contributed by atoms with Crippen LogP contribution in [0.15, 0.2) is 197 Å². The van der Waals surface area contributed by atoms with Gasteiger partial charge in [-0.2, -0.15) is 5.26 Å². The van der Waals surface area contributed by atoms with Crippen LogP contribution in [0.4, 0.5) is 5.69 Å². The van der Waals surface area contributed by atoms with E-state index in [1.165, 1.54) is 10.1 Å². The van der Waals surface area contributed by atoms with E-state index in [9.17, 15) is 11.8 Å². The first-order valence-electron chi connectivity index (χ1n) is 23.3. The van der Waals surface area contributed by atoms with Gasteiger partial charge in [0.05, 0.1) is 50.3 Å². The molecule has 0 saturated heterocycles. The molecule has 0 atom stereocenters. The summed E-state index contributed by atoms with van der Waals surface area (Å²) in [5.41, 5.74) is 12.7. The summed E-state index contributed by atoms with van der Waals surface area (Å²) in [5.74, 6) is 0. The summed E-state index contributed by atoms with van der Waals surface area (Å²) in [5, 5.41) is 22.5. The predicted molar refractivity (Wildman–Crippen MR) is 289 cm³/mol. The summed E-state index contributed by atoms with van der Waals surface area (Å²) in [6.45, 7) is 11.7. The highest BCUT2D eigenvalue weighted by Crippen LogP contribution is 2.55. The topological polar surface area (TPSA) is 64.3 Å². The summed E-state index contributed by atoms with van der Waals surface area (Å²) in [7, 11) is 0. The number of rotatable bonds is 4. The Hall–Kier alpha value is -9.40.